The van der Waals surface area contributed by atoms with Crippen molar-refractivity contribution in [2.45, 2.75) is 208 Å². The highest BCUT2D eigenvalue weighted by molar-refractivity contribution is 5.30. The second-order valence-corrected chi connectivity index (χ2v) is 21.3. The van der Waals surface area contributed by atoms with Crippen molar-refractivity contribution in [1.29, 1.82) is 0 Å². The van der Waals surface area contributed by atoms with Crippen LogP contribution >= 0.6 is 0 Å². The zero-order valence-electron chi connectivity index (χ0n) is 37.3. The zero-order chi connectivity index (χ0) is 46.0. The Balaban J connectivity index is 0.951. The molecule has 0 radical (unpaired) electrons. The van der Waals surface area contributed by atoms with E-state index in [0.717, 1.165) is 12.8 Å². The van der Waals surface area contributed by atoms with Crippen LogP contribution in [0.25, 0.3) is 0 Å². The molecule has 5 saturated heterocycles. The number of fused-ring (bicyclic) bond motifs is 7. The Morgan fingerprint density at radius 2 is 1.33 bits per heavy atom. The Morgan fingerprint density at radius 3 is 2.02 bits per heavy atom. The summed E-state index contributed by atoms with van der Waals surface area (Å²) in [6, 6.07) is 0. The molecular formula is C45H72O19. The van der Waals surface area contributed by atoms with Crippen LogP contribution in [-0.2, 0) is 37.9 Å². The maximum absolute atomic E-state index is 13.0. The molecule has 9 aliphatic rings. The molecule has 5 unspecified atom stereocenters. The SMILES string of the molecule is C[C@@H]1CO[C@]2(CC1O)OC1CC3(O)C4CC=C5C[C@@H](O[C@@H]6O[C@H](CO)[C@@H](O)[C@H](O[C@@H]7O[C@H](CO)[C@@H](O)[C@H](O)[C@H]7O)[C@H]6O[C@@H]6O[C@@H](C)[C@H](O)[C@@H](O)[C@H]6O)CC[C@]5(C)C4CC[C@]3(C)[C@H]1[C@@H]2C. The standard InChI is InChI=1S/C45H72O19/c1-18-17-57-45(13-25(18)48)19(2)29-26(64-45)14-44(56)24-7-6-21-12-22(8-10-42(21,4)23(24)9-11-43(29,44)5)59-41-38(63-39-35(54)33(52)30(49)20(3)58-39)37(32(51)28(16-47)61-41)62-40-36(55)34(53)31(50)27(15-46)60-40/h6,18-20,22-41,46-56H,7-17H2,1-5H3/t18-,19+,20+,22+,23?,24?,25?,26?,27-,28-,29+,30+,31-,32-,33-,34+,35-,36-,37+,38-,39+,40+,41-,42+,43-,44?,45-/m1/s1. The van der Waals surface area contributed by atoms with Crippen molar-refractivity contribution in [2.24, 2.45) is 40.4 Å². The molecule has 0 aromatic rings. The topological polar surface area (TPSA) is 296 Å². The fourth-order valence-corrected chi connectivity index (χ4v) is 14.0. The molecule has 0 bridgehead atoms. The van der Waals surface area contributed by atoms with Crippen molar-refractivity contribution in [3.63, 3.8) is 0 Å². The lowest BCUT2D eigenvalue weighted by molar-refractivity contribution is -0.394. The molecule has 11 N–H and O–H groups in total. The normalized spacial score (nSPS) is 58.6. The predicted molar refractivity (Wildman–Crippen MR) is 217 cm³/mol. The lowest BCUT2D eigenvalue weighted by Gasteiger charge is -2.62. The number of hydrogen-bond acceptors (Lipinski definition) is 19. The van der Waals surface area contributed by atoms with Crippen molar-refractivity contribution in [3.05, 3.63) is 11.6 Å². The van der Waals surface area contributed by atoms with E-state index in [2.05, 4.69) is 26.8 Å². The number of aliphatic hydroxyl groups excluding tert-OH is 10. The van der Waals surface area contributed by atoms with Gasteiger partial charge in [0.05, 0.1) is 49.8 Å². The Morgan fingerprint density at radius 1 is 0.688 bits per heavy atom. The van der Waals surface area contributed by atoms with Crippen LogP contribution < -0.4 is 0 Å². The summed E-state index contributed by atoms with van der Waals surface area (Å²) in [6.45, 7) is 9.08. The molecule has 64 heavy (non-hydrogen) atoms. The molecule has 27 atom stereocenters. The third-order valence-corrected chi connectivity index (χ3v) is 18.0. The van der Waals surface area contributed by atoms with Gasteiger partial charge in [-0.2, -0.15) is 0 Å². The van der Waals surface area contributed by atoms with Crippen molar-refractivity contribution in [1.82, 2.24) is 0 Å². The molecule has 19 heteroatoms. The van der Waals surface area contributed by atoms with Crippen LogP contribution in [0.3, 0.4) is 0 Å². The summed E-state index contributed by atoms with van der Waals surface area (Å²) in [7, 11) is 0. The smallest absolute Gasteiger partial charge is 0.187 e. The molecule has 1 spiro atoms. The molecule has 5 aliphatic heterocycles. The molecule has 0 aromatic heterocycles. The number of ether oxygens (including phenoxy) is 8. The van der Waals surface area contributed by atoms with Gasteiger partial charge in [0.1, 0.15) is 67.1 Å². The minimum Gasteiger partial charge on any atom is -0.394 e. The Bertz CT molecular complexity index is 1710. The third-order valence-electron chi connectivity index (χ3n) is 18.0. The van der Waals surface area contributed by atoms with E-state index in [9.17, 15) is 56.2 Å². The van der Waals surface area contributed by atoms with Gasteiger partial charge in [0.25, 0.3) is 0 Å². The summed E-state index contributed by atoms with van der Waals surface area (Å²) in [5.41, 5.74) is -0.495. The fourth-order valence-electron chi connectivity index (χ4n) is 14.0. The van der Waals surface area contributed by atoms with E-state index in [1.165, 1.54) is 12.5 Å². The lowest BCUT2D eigenvalue weighted by atomic mass is 9.45. The molecule has 366 valence electrons. The lowest BCUT2D eigenvalue weighted by Crippen LogP contribution is -2.67. The van der Waals surface area contributed by atoms with Gasteiger partial charge in [0.2, 0.25) is 0 Å². The minimum atomic E-state index is -1.87. The first kappa shape index (κ1) is 48.0. The number of hydrogen-bond donors (Lipinski definition) is 11. The maximum Gasteiger partial charge on any atom is 0.187 e. The van der Waals surface area contributed by atoms with Crippen LogP contribution in [-0.4, -0.2) is 198 Å². The number of allylic oxidation sites excluding steroid dienone is 1. The van der Waals surface area contributed by atoms with Gasteiger partial charge in [0.15, 0.2) is 24.7 Å². The van der Waals surface area contributed by atoms with Gasteiger partial charge < -0.3 is 94.1 Å². The van der Waals surface area contributed by atoms with Gasteiger partial charge in [-0.3, -0.25) is 0 Å². The molecule has 0 amide bonds. The highest BCUT2D eigenvalue weighted by Gasteiger charge is 2.75. The van der Waals surface area contributed by atoms with Crippen molar-refractivity contribution < 1.29 is 94.1 Å². The number of aliphatic hydroxyl groups is 11. The van der Waals surface area contributed by atoms with Crippen LogP contribution in [0.1, 0.15) is 86.0 Å². The molecular weight excluding hydrogens is 844 g/mol. The van der Waals surface area contributed by atoms with Crippen LogP contribution in [0.15, 0.2) is 11.6 Å². The summed E-state index contributed by atoms with van der Waals surface area (Å²) in [4.78, 5) is 0. The monoisotopic (exact) mass is 916 g/mol. The maximum atomic E-state index is 13.0. The summed E-state index contributed by atoms with van der Waals surface area (Å²) in [5, 5.41) is 120. The van der Waals surface area contributed by atoms with Gasteiger partial charge in [-0.25, -0.2) is 0 Å². The number of rotatable bonds is 8. The first-order valence-corrected chi connectivity index (χ1v) is 23.5. The highest BCUT2D eigenvalue weighted by Crippen LogP contribution is 2.72. The largest absolute Gasteiger partial charge is 0.394 e. The predicted octanol–water partition coefficient (Wildman–Crippen LogP) is -1.70. The molecule has 19 nitrogen and oxygen atoms in total. The van der Waals surface area contributed by atoms with Crippen LogP contribution in [0.4, 0.5) is 0 Å². The van der Waals surface area contributed by atoms with E-state index in [1.807, 2.05) is 6.92 Å². The van der Waals surface area contributed by atoms with Crippen molar-refractivity contribution >= 4 is 0 Å². The molecule has 4 aliphatic carbocycles. The van der Waals surface area contributed by atoms with Gasteiger partial charge in [-0.05, 0) is 62.7 Å². The van der Waals surface area contributed by atoms with E-state index < -0.39 is 134 Å². The Hall–Kier alpha value is -1.02. The van der Waals surface area contributed by atoms with E-state index in [1.54, 1.807) is 0 Å². The summed E-state index contributed by atoms with van der Waals surface area (Å²) in [6.07, 6.45) is -17.6. The average Bonchev–Trinajstić information content (AvgIpc) is 3.66. The molecule has 9 rings (SSSR count). The third kappa shape index (κ3) is 7.42. The summed E-state index contributed by atoms with van der Waals surface area (Å²) >= 11 is 0. The summed E-state index contributed by atoms with van der Waals surface area (Å²) < 4.78 is 49.8. The van der Waals surface area contributed by atoms with E-state index in [-0.39, 0.29) is 41.1 Å². The van der Waals surface area contributed by atoms with Crippen LogP contribution in [0, 0.1) is 40.4 Å². The quantitative estimate of drug-likeness (QED) is 0.121. The van der Waals surface area contributed by atoms with Gasteiger partial charge in [-0.15, -0.1) is 0 Å². The van der Waals surface area contributed by atoms with E-state index >= 15 is 0 Å². The second-order valence-electron chi connectivity index (χ2n) is 21.3. The van der Waals surface area contributed by atoms with Crippen LogP contribution in [0.5, 0.6) is 0 Å². The van der Waals surface area contributed by atoms with Crippen molar-refractivity contribution in [3.8, 4) is 0 Å². The molecule has 5 heterocycles. The van der Waals surface area contributed by atoms with Crippen LogP contribution in [0.2, 0.25) is 0 Å². The van der Waals surface area contributed by atoms with E-state index in [4.69, 9.17) is 37.9 Å². The van der Waals surface area contributed by atoms with Gasteiger partial charge >= 0.3 is 0 Å². The average molecular weight is 917 g/mol. The highest BCUT2D eigenvalue weighted by atomic mass is 16.8. The molecule has 0 aromatic carbocycles. The van der Waals surface area contributed by atoms with Crippen molar-refractivity contribution in [2.75, 3.05) is 19.8 Å². The molecule has 3 saturated carbocycles. The molecule has 8 fully saturated rings. The van der Waals surface area contributed by atoms with Gasteiger partial charge in [-0.1, -0.05) is 39.3 Å². The Labute approximate surface area is 373 Å². The van der Waals surface area contributed by atoms with E-state index in [0.29, 0.717) is 45.1 Å². The van der Waals surface area contributed by atoms with Gasteiger partial charge in [0, 0.05) is 36.0 Å². The first-order valence-electron chi connectivity index (χ1n) is 23.5. The minimum absolute atomic E-state index is 0.00958. The first-order chi connectivity index (χ1) is 30.2. The Kier molecular flexibility index (Phi) is 13.1. The fraction of sp³-hybridized carbons (Fsp3) is 0.956. The zero-order valence-corrected chi connectivity index (χ0v) is 37.3. The summed E-state index contributed by atoms with van der Waals surface area (Å²) in [5.74, 6) is -0.615. The second kappa shape index (κ2) is 17.4.